The van der Waals surface area contributed by atoms with Crippen LogP contribution in [0.2, 0.25) is 0 Å². The summed E-state index contributed by atoms with van der Waals surface area (Å²) >= 11 is 0. The number of anilines is 1. The number of carbonyl (C=O) groups is 1. The maximum Gasteiger partial charge on any atom is 0.407 e. The first-order chi connectivity index (χ1) is 9.83. The van der Waals surface area contributed by atoms with Gasteiger partial charge in [0.05, 0.1) is 23.8 Å². The number of aromatic nitrogens is 2. The minimum absolute atomic E-state index is 0.413. The number of nitrogens with two attached hydrogens (primary N) is 1. The zero-order valence-corrected chi connectivity index (χ0v) is 12.5. The summed E-state index contributed by atoms with van der Waals surface area (Å²) in [7, 11) is 0. The molecule has 21 heavy (non-hydrogen) atoms. The molecule has 0 spiro atoms. The molecule has 0 radical (unpaired) electrons. The van der Waals surface area contributed by atoms with Gasteiger partial charge in [-0.15, -0.1) is 0 Å². The van der Waals surface area contributed by atoms with Gasteiger partial charge in [-0.25, -0.2) is 9.48 Å². The highest BCUT2D eigenvalue weighted by atomic mass is 16.6. The fraction of sp³-hybridized carbons (Fsp3) is 0.333. The lowest BCUT2D eigenvalue weighted by Crippen LogP contribution is -2.32. The van der Waals surface area contributed by atoms with E-state index in [1.165, 1.54) is 0 Å². The molecule has 0 unspecified atom stereocenters. The number of nitrogens with one attached hydrogen (secondary N) is 1. The van der Waals surface area contributed by atoms with Crippen molar-refractivity contribution >= 4 is 11.8 Å². The Balaban J connectivity index is 1.92. The molecule has 0 aliphatic rings. The van der Waals surface area contributed by atoms with Crippen LogP contribution in [0.3, 0.4) is 0 Å². The molecule has 0 fully saturated rings. The van der Waals surface area contributed by atoms with Crippen LogP contribution in [-0.4, -0.2) is 21.5 Å². The lowest BCUT2D eigenvalue weighted by atomic mass is 10.2. The lowest BCUT2D eigenvalue weighted by molar-refractivity contribution is 0.0523. The Kier molecular flexibility index (Phi) is 4.16. The fourth-order valence-electron chi connectivity index (χ4n) is 1.73. The van der Waals surface area contributed by atoms with Gasteiger partial charge in [0.2, 0.25) is 0 Å². The Labute approximate surface area is 123 Å². The highest BCUT2D eigenvalue weighted by Gasteiger charge is 2.15. The van der Waals surface area contributed by atoms with Gasteiger partial charge in [0.1, 0.15) is 5.60 Å². The van der Waals surface area contributed by atoms with Gasteiger partial charge in [-0.3, -0.25) is 0 Å². The number of nitrogens with zero attached hydrogens (tertiary/aromatic N) is 2. The van der Waals surface area contributed by atoms with Gasteiger partial charge in [0, 0.05) is 6.54 Å². The SMILES string of the molecule is CC(C)(C)OC(=O)NCc1ccc(-n2cc(N)cn2)cc1. The number of alkyl carbamates (subject to hydrolysis) is 1. The Hall–Kier alpha value is -2.50. The molecule has 1 heterocycles. The van der Waals surface area contributed by atoms with Crippen molar-refractivity contribution in [3.8, 4) is 5.69 Å². The summed E-state index contributed by atoms with van der Waals surface area (Å²) in [5, 5.41) is 6.85. The molecule has 6 heteroatoms. The van der Waals surface area contributed by atoms with Crippen LogP contribution in [0.4, 0.5) is 10.5 Å². The molecule has 2 aromatic rings. The first-order valence-corrected chi connectivity index (χ1v) is 6.70. The van der Waals surface area contributed by atoms with Gasteiger partial charge in [0.25, 0.3) is 0 Å². The molecule has 0 aliphatic heterocycles. The van der Waals surface area contributed by atoms with E-state index in [1.807, 2.05) is 45.0 Å². The van der Waals surface area contributed by atoms with Gasteiger partial charge in [-0.1, -0.05) is 12.1 Å². The molecule has 0 bridgehead atoms. The number of nitrogen functional groups attached to an aromatic ring is 1. The van der Waals surface area contributed by atoms with E-state index < -0.39 is 11.7 Å². The highest BCUT2D eigenvalue weighted by Crippen LogP contribution is 2.11. The number of amides is 1. The molecule has 0 atom stereocenters. The molecule has 0 aliphatic carbocycles. The molecular weight excluding hydrogens is 268 g/mol. The molecule has 6 nitrogen and oxygen atoms in total. The molecule has 2 rings (SSSR count). The lowest BCUT2D eigenvalue weighted by Gasteiger charge is -2.19. The van der Waals surface area contributed by atoms with Crippen molar-refractivity contribution in [3.63, 3.8) is 0 Å². The summed E-state index contributed by atoms with van der Waals surface area (Å²) < 4.78 is 6.87. The zero-order chi connectivity index (χ0) is 15.5. The first-order valence-electron chi connectivity index (χ1n) is 6.70. The second kappa shape index (κ2) is 5.87. The molecule has 1 aromatic carbocycles. The van der Waals surface area contributed by atoms with Gasteiger partial charge in [-0.05, 0) is 38.5 Å². The van der Waals surface area contributed by atoms with Crippen LogP contribution in [0.5, 0.6) is 0 Å². The topological polar surface area (TPSA) is 82.2 Å². The normalized spacial score (nSPS) is 11.2. The molecular formula is C15H20N4O2. The van der Waals surface area contributed by atoms with E-state index >= 15 is 0 Å². The van der Waals surface area contributed by atoms with E-state index in [0.29, 0.717) is 12.2 Å². The largest absolute Gasteiger partial charge is 0.444 e. The van der Waals surface area contributed by atoms with E-state index in [0.717, 1.165) is 11.3 Å². The standard InChI is InChI=1S/C15H20N4O2/c1-15(2,3)21-14(20)17-8-11-4-6-13(7-5-11)19-10-12(16)9-18-19/h4-7,9-10H,8,16H2,1-3H3,(H,17,20). The third-order valence-electron chi connectivity index (χ3n) is 2.64. The first kappa shape index (κ1) is 14.9. The van der Waals surface area contributed by atoms with Crippen molar-refractivity contribution in [1.82, 2.24) is 15.1 Å². The van der Waals surface area contributed by atoms with Crippen LogP contribution >= 0.6 is 0 Å². The van der Waals surface area contributed by atoms with Gasteiger partial charge < -0.3 is 15.8 Å². The van der Waals surface area contributed by atoms with E-state index in [9.17, 15) is 4.79 Å². The van der Waals surface area contributed by atoms with Gasteiger partial charge in [0.15, 0.2) is 0 Å². The Morgan fingerprint density at radius 2 is 2.00 bits per heavy atom. The molecule has 1 amide bonds. The number of hydrogen-bond acceptors (Lipinski definition) is 4. The third-order valence-corrected chi connectivity index (χ3v) is 2.64. The minimum Gasteiger partial charge on any atom is -0.444 e. The van der Waals surface area contributed by atoms with Crippen LogP contribution in [0.15, 0.2) is 36.7 Å². The second-order valence-electron chi connectivity index (χ2n) is 5.74. The van der Waals surface area contributed by atoms with Crippen molar-refractivity contribution in [2.24, 2.45) is 0 Å². The van der Waals surface area contributed by atoms with E-state index in [2.05, 4.69) is 10.4 Å². The van der Waals surface area contributed by atoms with Crippen LogP contribution in [0.25, 0.3) is 5.69 Å². The number of rotatable bonds is 3. The second-order valence-corrected chi connectivity index (χ2v) is 5.74. The maximum atomic E-state index is 11.6. The highest BCUT2D eigenvalue weighted by molar-refractivity contribution is 5.67. The Morgan fingerprint density at radius 3 is 2.52 bits per heavy atom. The van der Waals surface area contributed by atoms with Gasteiger partial charge in [-0.2, -0.15) is 5.10 Å². The zero-order valence-electron chi connectivity index (χ0n) is 12.5. The quantitative estimate of drug-likeness (QED) is 0.909. The smallest absolute Gasteiger partial charge is 0.407 e. The summed E-state index contributed by atoms with van der Waals surface area (Å²) in [6, 6.07) is 7.67. The van der Waals surface area contributed by atoms with Gasteiger partial charge >= 0.3 is 6.09 Å². The summed E-state index contributed by atoms with van der Waals surface area (Å²) in [5.41, 5.74) is 7.64. The van der Waals surface area contributed by atoms with Crippen LogP contribution in [0.1, 0.15) is 26.3 Å². The Bertz CT molecular complexity index is 611. The van der Waals surface area contributed by atoms with Crippen molar-refractivity contribution in [2.75, 3.05) is 5.73 Å². The maximum absolute atomic E-state index is 11.6. The predicted octanol–water partition coefficient (Wildman–Crippen LogP) is 2.48. The van der Waals surface area contributed by atoms with Crippen molar-refractivity contribution in [3.05, 3.63) is 42.2 Å². The van der Waals surface area contributed by atoms with Crippen LogP contribution in [0, 0.1) is 0 Å². The summed E-state index contributed by atoms with van der Waals surface area (Å²) in [4.78, 5) is 11.6. The van der Waals surface area contributed by atoms with E-state index in [4.69, 9.17) is 10.5 Å². The summed E-state index contributed by atoms with van der Waals surface area (Å²) in [6.45, 7) is 5.90. The van der Waals surface area contributed by atoms with Crippen LogP contribution < -0.4 is 11.1 Å². The average Bonchev–Trinajstić information content (AvgIpc) is 2.82. The monoisotopic (exact) mass is 288 g/mol. The molecule has 1 aromatic heterocycles. The predicted molar refractivity (Wildman–Crippen MR) is 81.1 cm³/mol. The third kappa shape index (κ3) is 4.52. The average molecular weight is 288 g/mol. The molecule has 112 valence electrons. The number of ether oxygens (including phenoxy) is 1. The number of hydrogen-bond donors (Lipinski definition) is 2. The number of carbonyl (C=O) groups excluding carboxylic acids is 1. The summed E-state index contributed by atoms with van der Waals surface area (Å²) in [6.07, 6.45) is 2.91. The van der Waals surface area contributed by atoms with Crippen LogP contribution in [-0.2, 0) is 11.3 Å². The van der Waals surface area contributed by atoms with Crippen molar-refractivity contribution in [2.45, 2.75) is 32.9 Å². The fourth-order valence-corrected chi connectivity index (χ4v) is 1.73. The van der Waals surface area contributed by atoms with E-state index in [1.54, 1.807) is 17.1 Å². The molecule has 0 saturated heterocycles. The minimum atomic E-state index is -0.492. The van der Waals surface area contributed by atoms with Crippen molar-refractivity contribution in [1.29, 1.82) is 0 Å². The van der Waals surface area contributed by atoms with Crippen molar-refractivity contribution < 1.29 is 9.53 Å². The molecule has 3 N–H and O–H groups in total. The Morgan fingerprint density at radius 1 is 1.33 bits per heavy atom. The van der Waals surface area contributed by atoms with E-state index in [-0.39, 0.29) is 0 Å². The molecule has 0 saturated carbocycles. The number of benzene rings is 1. The summed E-state index contributed by atoms with van der Waals surface area (Å²) in [5.74, 6) is 0.